The molecule has 2 amide bonds. The van der Waals surface area contributed by atoms with Crippen LogP contribution in [-0.4, -0.2) is 61.5 Å². The molecule has 4 aromatic rings. The molecule has 1 fully saturated rings. The first-order valence-electron chi connectivity index (χ1n) is 14.2. The molecular weight excluding hydrogens is 603 g/mol. The third kappa shape index (κ3) is 4.51. The van der Waals surface area contributed by atoms with E-state index >= 15 is 0 Å². The first kappa shape index (κ1) is 29.7. The number of piperazine rings is 1. The maximum absolute atomic E-state index is 14.6. The van der Waals surface area contributed by atoms with E-state index in [1.165, 1.54) is 16.7 Å². The highest BCUT2D eigenvalue weighted by Gasteiger charge is 2.43. The number of carbonyl (C=O) groups excluding carboxylic acids is 2. The number of nitrogens with one attached hydrogen (secondary N) is 1. The maximum atomic E-state index is 14.6. The molecule has 0 spiro atoms. The molecule has 0 aliphatic carbocycles. The van der Waals surface area contributed by atoms with Crippen LogP contribution in [0.4, 0.5) is 11.4 Å². The van der Waals surface area contributed by atoms with Crippen LogP contribution in [-0.2, 0) is 9.59 Å². The molecule has 12 heteroatoms. The molecule has 226 valence electrons. The Hall–Kier alpha value is -4.41. The van der Waals surface area contributed by atoms with Crippen molar-refractivity contribution in [3.63, 3.8) is 0 Å². The molecule has 6 rings (SSSR count). The Bertz CT molecular complexity index is 1940. The van der Waals surface area contributed by atoms with Crippen LogP contribution in [0.2, 0.25) is 10.0 Å². The number of hydrogen-bond donors (Lipinski definition) is 2. The fourth-order valence-corrected chi connectivity index (χ4v) is 6.68. The number of phenolic OH excluding ortho intramolecular Hbond substituents is 1. The highest BCUT2D eigenvalue weighted by Crippen LogP contribution is 2.44. The van der Waals surface area contributed by atoms with Crippen LogP contribution in [0.15, 0.2) is 54.0 Å². The van der Waals surface area contributed by atoms with Gasteiger partial charge in [-0.15, -0.1) is 0 Å². The SMILES string of the molecule is C=CC(=O)N1CC2C(=O)Nc3c(c4cc(Cl)c(-c5c(O)cccc5Cl)nc4n(-c4c(C)ccnc4C(C)C)c3=O)N2CC1C. The summed E-state index contributed by atoms with van der Waals surface area (Å²) in [5.41, 5.74) is 2.68. The summed E-state index contributed by atoms with van der Waals surface area (Å²) in [5.74, 6) is -0.864. The van der Waals surface area contributed by atoms with Crippen molar-refractivity contribution in [3.8, 4) is 22.7 Å². The molecule has 2 N–H and O–H groups in total. The van der Waals surface area contributed by atoms with Gasteiger partial charge in [0.15, 0.2) is 5.65 Å². The van der Waals surface area contributed by atoms with Crippen molar-refractivity contribution in [2.24, 2.45) is 0 Å². The van der Waals surface area contributed by atoms with Crippen molar-refractivity contribution in [1.82, 2.24) is 19.4 Å². The van der Waals surface area contributed by atoms with Crippen molar-refractivity contribution in [2.75, 3.05) is 23.3 Å². The second-order valence-corrected chi connectivity index (χ2v) is 12.2. The summed E-state index contributed by atoms with van der Waals surface area (Å²) in [7, 11) is 0. The fourth-order valence-electron chi connectivity index (χ4n) is 6.17. The van der Waals surface area contributed by atoms with Crippen molar-refractivity contribution < 1.29 is 14.7 Å². The van der Waals surface area contributed by atoms with Gasteiger partial charge in [-0.1, -0.05) is 49.7 Å². The first-order valence-corrected chi connectivity index (χ1v) is 14.9. The minimum absolute atomic E-state index is 0.0578. The quantitative estimate of drug-likeness (QED) is 0.288. The van der Waals surface area contributed by atoms with Crippen LogP contribution < -0.4 is 15.8 Å². The third-order valence-electron chi connectivity index (χ3n) is 8.26. The van der Waals surface area contributed by atoms with E-state index in [0.717, 1.165) is 5.56 Å². The van der Waals surface area contributed by atoms with E-state index in [9.17, 15) is 19.5 Å². The molecule has 0 radical (unpaired) electrons. The van der Waals surface area contributed by atoms with Crippen LogP contribution in [0.25, 0.3) is 28.0 Å². The molecule has 0 bridgehead atoms. The molecule has 5 heterocycles. The average Bonchev–Trinajstić information content (AvgIpc) is 2.97. The second kappa shape index (κ2) is 10.9. The van der Waals surface area contributed by atoms with Gasteiger partial charge in [-0.3, -0.25) is 23.9 Å². The number of aryl methyl sites for hydroxylation is 1. The second-order valence-electron chi connectivity index (χ2n) is 11.4. The summed E-state index contributed by atoms with van der Waals surface area (Å²) >= 11 is 13.4. The van der Waals surface area contributed by atoms with Crippen LogP contribution in [0.3, 0.4) is 0 Å². The zero-order valence-electron chi connectivity index (χ0n) is 24.6. The van der Waals surface area contributed by atoms with Gasteiger partial charge < -0.3 is 20.2 Å². The Morgan fingerprint density at radius 3 is 2.59 bits per heavy atom. The van der Waals surface area contributed by atoms with E-state index in [0.29, 0.717) is 22.5 Å². The number of carbonyl (C=O) groups is 2. The summed E-state index contributed by atoms with van der Waals surface area (Å²) in [5, 5.41) is 14.5. The average molecular weight is 634 g/mol. The summed E-state index contributed by atoms with van der Waals surface area (Å²) in [6.45, 7) is 11.7. The van der Waals surface area contributed by atoms with Gasteiger partial charge in [0.05, 0.1) is 44.9 Å². The Morgan fingerprint density at radius 1 is 1.16 bits per heavy atom. The first-order chi connectivity index (χ1) is 20.9. The zero-order valence-corrected chi connectivity index (χ0v) is 26.1. The number of rotatable bonds is 4. The lowest BCUT2D eigenvalue weighted by atomic mass is 9.99. The van der Waals surface area contributed by atoms with Crippen LogP contribution in [0.1, 0.15) is 37.9 Å². The minimum Gasteiger partial charge on any atom is -0.507 e. The Balaban J connectivity index is 1.73. The zero-order chi connectivity index (χ0) is 31.6. The van der Waals surface area contributed by atoms with E-state index < -0.39 is 17.5 Å². The van der Waals surface area contributed by atoms with Crippen molar-refractivity contribution in [1.29, 1.82) is 0 Å². The lowest BCUT2D eigenvalue weighted by Gasteiger charge is -2.48. The van der Waals surface area contributed by atoms with Gasteiger partial charge in [0.2, 0.25) is 11.8 Å². The number of pyridine rings is 3. The predicted molar refractivity (Wildman–Crippen MR) is 172 cm³/mol. The molecule has 2 unspecified atom stereocenters. The molecule has 3 aromatic heterocycles. The predicted octanol–water partition coefficient (Wildman–Crippen LogP) is 5.44. The lowest BCUT2D eigenvalue weighted by Crippen LogP contribution is -2.64. The number of aromatic nitrogens is 3. The molecule has 2 aliphatic heterocycles. The van der Waals surface area contributed by atoms with Gasteiger partial charge in [-0.25, -0.2) is 4.98 Å². The van der Waals surface area contributed by atoms with Gasteiger partial charge >= 0.3 is 0 Å². The van der Waals surface area contributed by atoms with Crippen molar-refractivity contribution in [2.45, 2.75) is 45.7 Å². The number of amides is 2. The number of hydrogen-bond acceptors (Lipinski definition) is 7. The molecule has 10 nitrogen and oxygen atoms in total. The number of benzene rings is 1. The monoisotopic (exact) mass is 632 g/mol. The molecule has 0 saturated carbocycles. The third-order valence-corrected chi connectivity index (χ3v) is 8.87. The standard InChI is InChI=1S/C32H30Cl2N6O4/c1-6-23(42)38-14-21-31(43)37-27-29(39(21)13-17(38)5)18-12-20(34)26(24-19(33)8-7-9-22(24)41)36-30(18)40(32(27)44)28-16(4)10-11-35-25(28)15(2)3/h6-12,15,17,21,41H,1,13-14H2,2-5H3,(H,37,43). The Labute approximate surface area is 263 Å². The molecular formula is C32H30Cl2N6O4. The number of halogens is 2. The summed E-state index contributed by atoms with van der Waals surface area (Å²) in [6, 6.07) is 7.14. The number of nitrogens with zero attached hydrogens (tertiary/aromatic N) is 5. The van der Waals surface area contributed by atoms with Gasteiger partial charge in [0.1, 0.15) is 17.5 Å². The Morgan fingerprint density at radius 2 is 1.91 bits per heavy atom. The van der Waals surface area contributed by atoms with Gasteiger partial charge in [-0.2, -0.15) is 0 Å². The molecule has 44 heavy (non-hydrogen) atoms. The smallest absolute Gasteiger partial charge is 0.282 e. The molecule has 2 aliphatic rings. The number of fused-ring (bicyclic) bond motifs is 5. The summed E-state index contributed by atoms with van der Waals surface area (Å²) < 4.78 is 1.46. The molecule has 1 aromatic carbocycles. The topological polar surface area (TPSA) is 121 Å². The highest BCUT2D eigenvalue weighted by atomic mass is 35.5. The highest BCUT2D eigenvalue weighted by molar-refractivity contribution is 6.37. The van der Waals surface area contributed by atoms with E-state index in [1.54, 1.807) is 29.3 Å². The molecule has 1 saturated heterocycles. The minimum atomic E-state index is -0.765. The fraction of sp³-hybridized carbons (Fsp3) is 0.281. The molecule has 2 atom stereocenters. The van der Waals surface area contributed by atoms with E-state index in [-0.39, 0.29) is 69.3 Å². The van der Waals surface area contributed by atoms with Crippen LogP contribution in [0.5, 0.6) is 5.75 Å². The maximum Gasteiger partial charge on any atom is 0.282 e. The number of phenols is 1. The van der Waals surface area contributed by atoms with E-state index in [1.807, 2.05) is 38.7 Å². The lowest BCUT2D eigenvalue weighted by molar-refractivity contribution is -0.130. The van der Waals surface area contributed by atoms with Crippen LogP contribution >= 0.6 is 23.2 Å². The Kier molecular flexibility index (Phi) is 7.37. The van der Waals surface area contributed by atoms with Crippen LogP contribution in [0, 0.1) is 6.92 Å². The largest absolute Gasteiger partial charge is 0.507 e. The summed E-state index contributed by atoms with van der Waals surface area (Å²) in [4.78, 5) is 53.7. The number of anilines is 2. The van der Waals surface area contributed by atoms with Gasteiger partial charge in [0.25, 0.3) is 5.56 Å². The number of aromatic hydroxyl groups is 1. The normalized spacial score (nSPS) is 17.8. The van der Waals surface area contributed by atoms with Gasteiger partial charge in [0, 0.05) is 24.2 Å². The van der Waals surface area contributed by atoms with Gasteiger partial charge in [-0.05, 0) is 55.7 Å². The van der Waals surface area contributed by atoms with E-state index in [4.69, 9.17) is 28.2 Å². The summed E-state index contributed by atoms with van der Waals surface area (Å²) in [6.07, 6.45) is 2.92. The van der Waals surface area contributed by atoms with Crippen molar-refractivity contribution in [3.05, 3.63) is 80.8 Å². The van der Waals surface area contributed by atoms with E-state index in [2.05, 4.69) is 16.9 Å². The van der Waals surface area contributed by atoms with Crippen molar-refractivity contribution >= 4 is 57.4 Å².